The highest BCUT2D eigenvalue weighted by atomic mass is 79.9. The number of hydrogen-bond donors (Lipinski definition) is 1. The molecular weight excluding hydrogens is 450 g/mol. The first kappa shape index (κ1) is 19.7. The molecule has 2 aromatic carbocycles. The van der Waals surface area contributed by atoms with E-state index in [1.807, 2.05) is 37.3 Å². The summed E-state index contributed by atoms with van der Waals surface area (Å²) in [5, 5.41) is 15.6. The Bertz CT molecular complexity index is 1230. The maximum Gasteiger partial charge on any atom is 0.373 e. The normalized spacial score (nSPS) is 10.7. The van der Waals surface area contributed by atoms with Gasteiger partial charge in [-0.1, -0.05) is 51.8 Å². The Labute approximate surface area is 180 Å². The highest BCUT2D eigenvalue weighted by Gasteiger charge is 2.25. The van der Waals surface area contributed by atoms with Crippen LogP contribution in [0.1, 0.15) is 11.1 Å². The number of ether oxygens (including phenoxy) is 1. The predicted molar refractivity (Wildman–Crippen MR) is 117 cm³/mol. The monoisotopic (exact) mass is 465 g/mol. The summed E-state index contributed by atoms with van der Waals surface area (Å²) in [4.78, 5) is 23.6. The standard InChI is InChI=1S/C21H16BrN5O3/c1-13-4-6-14(7-5-13)11-24-20-19(27(28)29)21(26-12-25-20)30-17-9-8-16(22)15-3-2-10-23-18(15)17/h2-10,12H,11H2,1H3,(H,24,25,26). The van der Waals surface area contributed by atoms with Gasteiger partial charge < -0.3 is 10.1 Å². The number of pyridine rings is 1. The highest BCUT2D eigenvalue weighted by molar-refractivity contribution is 9.10. The third-order valence-corrected chi connectivity index (χ3v) is 5.13. The first-order chi connectivity index (χ1) is 14.5. The van der Waals surface area contributed by atoms with Crippen molar-refractivity contribution in [2.45, 2.75) is 13.5 Å². The summed E-state index contributed by atoms with van der Waals surface area (Å²) in [6, 6.07) is 15.0. The number of aromatic nitrogens is 3. The molecule has 0 atom stereocenters. The number of nitro groups is 1. The van der Waals surface area contributed by atoms with Gasteiger partial charge in [-0.3, -0.25) is 15.1 Å². The number of anilines is 1. The van der Waals surface area contributed by atoms with Crippen LogP contribution < -0.4 is 10.1 Å². The van der Waals surface area contributed by atoms with Crippen molar-refractivity contribution >= 4 is 38.3 Å². The highest BCUT2D eigenvalue weighted by Crippen LogP contribution is 2.37. The molecule has 2 heterocycles. The van der Waals surface area contributed by atoms with Crippen LogP contribution in [-0.2, 0) is 6.54 Å². The van der Waals surface area contributed by atoms with Crippen molar-refractivity contribution in [1.29, 1.82) is 0 Å². The summed E-state index contributed by atoms with van der Waals surface area (Å²) in [6.45, 7) is 2.37. The zero-order valence-electron chi connectivity index (χ0n) is 15.9. The van der Waals surface area contributed by atoms with Crippen LogP contribution in [0.4, 0.5) is 11.5 Å². The molecule has 0 spiro atoms. The van der Waals surface area contributed by atoms with E-state index < -0.39 is 4.92 Å². The van der Waals surface area contributed by atoms with E-state index in [4.69, 9.17) is 4.74 Å². The van der Waals surface area contributed by atoms with Crippen LogP contribution in [0.2, 0.25) is 0 Å². The Hall–Kier alpha value is -3.59. The maximum atomic E-state index is 11.8. The number of fused-ring (bicyclic) bond motifs is 1. The summed E-state index contributed by atoms with van der Waals surface area (Å²) < 4.78 is 6.67. The average molecular weight is 466 g/mol. The van der Waals surface area contributed by atoms with Gasteiger partial charge in [0.15, 0.2) is 5.75 Å². The van der Waals surface area contributed by atoms with Gasteiger partial charge >= 0.3 is 11.6 Å². The van der Waals surface area contributed by atoms with Crippen molar-refractivity contribution in [3.05, 3.63) is 86.8 Å². The van der Waals surface area contributed by atoms with Crippen molar-refractivity contribution in [1.82, 2.24) is 15.0 Å². The van der Waals surface area contributed by atoms with E-state index >= 15 is 0 Å². The lowest BCUT2D eigenvalue weighted by Gasteiger charge is -2.11. The molecule has 30 heavy (non-hydrogen) atoms. The van der Waals surface area contributed by atoms with Gasteiger partial charge in [-0.15, -0.1) is 0 Å². The van der Waals surface area contributed by atoms with Crippen molar-refractivity contribution in [2.75, 3.05) is 5.32 Å². The molecule has 4 aromatic rings. The number of aryl methyl sites for hydroxylation is 1. The maximum absolute atomic E-state index is 11.8. The first-order valence-corrected chi connectivity index (χ1v) is 9.82. The van der Waals surface area contributed by atoms with E-state index in [9.17, 15) is 10.1 Å². The fourth-order valence-electron chi connectivity index (χ4n) is 2.92. The Morgan fingerprint density at radius 3 is 2.67 bits per heavy atom. The lowest BCUT2D eigenvalue weighted by atomic mass is 10.1. The second-order valence-electron chi connectivity index (χ2n) is 6.52. The quantitative estimate of drug-likeness (QED) is 0.299. The molecule has 8 nitrogen and oxygen atoms in total. The van der Waals surface area contributed by atoms with E-state index in [-0.39, 0.29) is 17.4 Å². The Balaban J connectivity index is 1.67. The van der Waals surface area contributed by atoms with Gasteiger partial charge in [-0.05, 0) is 30.7 Å². The van der Waals surface area contributed by atoms with Gasteiger partial charge in [0, 0.05) is 22.6 Å². The summed E-state index contributed by atoms with van der Waals surface area (Å²) >= 11 is 3.47. The Morgan fingerprint density at radius 2 is 1.90 bits per heavy atom. The van der Waals surface area contributed by atoms with Crippen molar-refractivity contribution in [3.63, 3.8) is 0 Å². The van der Waals surface area contributed by atoms with E-state index in [1.54, 1.807) is 24.4 Å². The van der Waals surface area contributed by atoms with E-state index in [2.05, 4.69) is 36.2 Å². The predicted octanol–water partition coefficient (Wildman–Crippen LogP) is 5.41. The molecule has 0 saturated carbocycles. The molecule has 0 bridgehead atoms. The molecule has 0 aliphatic heterocycles. The van der Waals surface area contributed by atoms with Crippen LogP contribution in [0.5, 0.6) is 11.6 Å². The van der Waals surface area contributed by atoms with Crippen LogP contribution in [0.3, 0.4) is 0 Å². The van der Waals surface area contributed by atoms with Gasteiger partial charge in [-0.2, -0.15) is 4.98 Å². The molecule has 0 fully saturated rings. The third-order valence-electron chi connectivity index (χ3n) is 4.44. The number of nitrogens with one attached hydrogen (secondary N) is 1. The SMILES string of the molecule is Cc1ccc(CNc2ncnc(Oc3ccc(Br)c4cccnc34)c2[N+](=O)[O-])cc1. The van der Waals surface area contributed by atoms with Gasteiger partial charge in [0.25, 0.3) is 0 Å². The molecule has 150 valence electrons. The minimum absolute atomic E-state index is 0.0833. The molecule has 0 aliphatic rings. The van der Waals surface area contributed by atoms with Gasteiger partial charge in [0.05, 0.1) is 4.92 Å². The van der Waals surface area contributed by atoms with E-state index in [0.29, 0.717) is 17.8 Å². The first-order valence-electron chi connectivity index (χ1n) is 9.03. The zero-order valence-corrected chi connectivity index (χ0v) is 17.5. The van der Waals surface area contributed by atoms with Crippen molar-refractivity contribution in [2.24, 2.45) is 0 Å². The van der Waals surface area contributed by atoms with E-state index in [1.165, 1.54) is 6.33 Å². The number of benzene rings is 2. The molecule has 0 aliphatic carbocycles. The number of hydrogen-bond acceptors (Lipinski definition) is 7. The molecular formula is C21H16BrN5O3. The lowest BCUT2D eigenvalue weighted by molar-refractivity contribution is -0.385. The molecule has 0 amide bonds. The van der Waals surface area contributed by atoms with E-state index in [0.717, 1.165) is 21.0 Å². The second-order valence-corrected chi connectivity index (χ2v) is 7.37. The van der Waals surface area contributed by atoms with Crippen LogP contribution in [0.15, 0.2) is 65.5 Å². The number of nitrogens with zero attached hydrogens (tertiary/aromatic N) is 4. The minimum atomic E-state index is -0.554. The lowest BCUT2D eigenvalue weighted by Crippen LogP contribution is -2.07. The van der Waals surface area contributed by atoms with Crippen molar-refractivity contribution in [3.8, 4) is 11.6 Å². The summed E-state index contributed by atoms with van der Waals surface area (Å²) in [5.74, 6) is 0.288. The van der Waals surface area contributed by atoms with Crippen LogP contribution in [-0.4, -0.2) is 19.9 Å². The Kier molecular flexibility index (Phi) is 5.53. The zero-order chi connectivity index (χ0) is 21.1. The molecule has 1 N–H and O–H groups in total. The molecule has 0 radical (unpaired) electrons. The van der Waals surface area contributed by atoms with Crippen LogP contribution in [0, 0.1) is 17.0 Å². The van der Waals surface area contributed by atoms with Gasteiger partial charge in [0.1, 0.15) is 11.8 Å². The van der Waals surface area contributed by atoms with Gasteiger partial charge in [0.2, 0.25) is 5.82 Å². The molecule has 0 saturated heterocycles. The largest absolute Gasteiger partial charge is 0.431 e. The molecule has 9 heteroatoms. The topological polar surface area (TPSA) is 103 Å². The Morgan fingerprint density at radius 1 is 1.10 bits per heavy atom. The number of halogens is 1. The average Bonchev–Trinajstić information content (AvgIpc) is 2.75. The summed E-state index contributed by atoms with van der Waals surface area (Å²) in [5.41, 5.74) is 2.34. The third kappa shape index (κ3) is 4.06. The summed E-state index contributed by atoms with van der Waals surface area (Å²) in [7, 11) is 0. The fourth-order valence-corrected chi connectivity index (χ4v) is 3.37. The fraction of sp³-hybridized carbons (Fsp3) is 0.0952. The molecule has 2 aromatic heterocycles. The van der Waals surface area contributed by atoms with Gasteiger partial charge in [-0.25, -0.2) is 4.98 Å². The molecule has 0 unspecified atom stereocenters. The number of rotatable bonds is 6. The molecule has 4 rings (SSSR count). The van der Waals surface area contributed by atoms with Crippen LogP contribution in [0.25, 0.3) is 10.9 Å². The van der Waals surface area contributed by atoms with Crippen LogP contribution >= 0.6 is 15.9 Å². The second kappa shape index (κ2) is 8.42. The minimum Gasteiger partial charge on any atom is -0.431 e. The summed E-state index contributed by atoms with van der Waals surface area (Å²) in [6.07, 6.45) is 2.86. The smallest absolute Gasteiger partial charge is 0.373 e. The van der Waals surface area contributed by atoms with Crippen molar-refractivity contribution < 1.29 is 9.66 Å².